The van der Waals surface area contributed by atoms with Crippen molar-refractivity contribution in [2.24, 2.45) is 0 Å². The van der Waals surface area contributed by atoms with Crippen LogP contribution in [0.15, 0.2) is 18.2 Å². The lowest BCUT2D eigenvalue weighted by atomic mass is 9.89. The van der Waals surface area contributed by atoms with Crippen molar-refractivity contribution in [3.05, 3.63) is 41.0 Å². The molecule has 0 heterocycles. The molecule has 0 aliphatic rings. The van der Waals surface area contributed by atoms with Gasteiger partial charge in [0, 0.05) is 5.39 Å². The van der Waals surface area contributed by atoms with Gasteiger partial charge in [-0.25, -0.2) is 8.78 Å². The number of fused-ring (bicyclic) bond motifs is 1. The van der Waals surface area contributed by atoms with Crippen molar-refractivity contribution in [1.82, 2.24) is 0 Å². The molecular weight excluding hydrogens is 246 g/mol. The van der Waals surface area contributed by atoms with Gasteiger partial charge in [-0.1, -0.05) is 20.8 Å². The number of benzene rings is 2. The Morgan fingerprint density at radius 2 is 1.89 bits per heavy atom. The number of phenolic OH excluding ortho intramolecular Hbond substituents is 1. The maximum Gasteiger partial charge on any atom is 0.172 e. The van der Waals surface area contributed by atoms with Gasteiger partial charge in [-0.2, -0.15) is 0 Å². The molecule has 2 aromatic carbocycles. The summed E-state index contributed by atoms with van der Waals surface area (Å²) in [6, 6.07) is 4.11. The lowest BCUT2D eigenvalue weighted by Crippen LogP contribution is -2.00. The molecule has 1 unspecified atom stereocenters. The quantitative estimate of drug-likeness (QED) is 0.836. The van der Waals surface area contributed by atoms with Crippen LogP contribution in [-0.4, -0.2) is 5.11 Å². The standard InChI is InChI=1S/C16H18F2O/c1-4-9(3)12-8-14(19)16(18)11-6-7-13(17)10(5-2)15(11)12/h6-9,19H,4-5H2,1-3H3. The normalized spacial score (nSPS) is 12.9. The molecule has 2 aromatic rings. The van der Waals surface area contributed by atoms with Crippen molar-refractivity contribution in [3.8, 4) is 5.75 Å². The molecule has 0 bridgehead atoms. The monoisotopic (exact) mass is 264 g/mol. The van der Waals surface area contributed by atoms with Crippen molar-refractivity contribution in [3.63, 3.8) is 0 Å². The van der Waals surface area contributed by atoms with E-state index in [4.69, 9.17) is 0 Å². The second-order valence-corrected chi connectivity index (χ2v) is 4.91. The van der Waals surface area contributed by atoms with Gasteiger partial charge in [0.25, 0.3) is 0 Å². The Balaban J connectivity index is 2.94. The molecule has 19 heavy (non-hydrogen) atoms. The van der Waals surface area contributed by atoms with Gasteiger partial charge < -0.3 is 5.11 Å². The van der Waals surface area contributed by atoms with E-state index < -0.39 is 5.82 Å². The van der Waals surface area contributed by atoms with Gasteiger partial charge in [0.2, 0.25) is 0 Å². The molecule has 0 aromatic heterocycles. The topological polar surface area (TPSA) is 20.2 Å². The first-order valence-electron chi connectivity index (χ1n) is 6.63. The van der Waals surface area contributed by atoms with Crippen LogP contribution >= 0.6 is 0 Å². The van der Waals surface area contributed by atoms with Crippen LogP contribution in [0.2, 0.25) is 0 Å². The summed E-state index contributed by atoms with van der Waals surface area (Å²) in [6.07, 6.45) is 1.34. The molecule has 1 atom stereocenters. The third-order valence-corrected chi connectivity index (χ3v) is 3.79. The average Bonchev–Trinajstić information content (AvgIpc) is 2.41. The van der Waals surface area contributed by atoms with Gasteiger partial charge >= 0.3 is 0 Å². The van der Waals surface area contributed by atoms with Crippen molar-refractivity contribution in [2.45, 2.75) is 39.5 Å². The molecule has 1 nitrogen and oxygen atoms in total. The maximum absolute atomic E-state index is 14.0. The highest BCUT2D eigenvalue weighted by molar-refractivity contribution is 5.91. The molecule has 0 saturated carbocycles. The lowest BCUT2D eigenvalue weighted by Gasteiger charge is -2.17. The molecule has 0 aliphatic carbocycles. The van der Waals surface area contributed by atoms with Crippen LogP contribution < -0.4 is 0 Å². The minimum absolute atomic E-state index is 0.140. The van der Waals surface area contributed by atoms with E-state index in [1.165, 1.54) is 18.2 Å². The van der Waals surface area contributed by atoms with Crippen molar-refractivity contribution >= 4 is 10.8 Å². The summed E-state index contributed by atoms with van der Waals surface area (Å²) < 4.78 is 27.9. The highest BCUT2D eigenvalue weighted by Gasteiger charge is 2.19. The van der Waals surface area contributed by atoms with Gasteiger partial charge in [-0.15, -0.1) is 0 Å². The molecule has 0 fully saturated rings. The van der Waals surface area contributed by atoms with E-state index in [-0.39, 0.29) is 17.5 Å². The molecule has 2 rings (SSSR count). The first-order valence-corrected chi connectivity index (χ1v) is 6.63. The zero-order valence-electron chi connectivity index (χ0n) is 11.4. The Labute approximate surface area is 111 Å². The largest absolute Gasteiger partial charge is 0.505 e. The summed E-state index contributed by atoms with van der Waals surface area (Å²) in [6.45, 7) is 5.86. The molecule has 0 amide bonds. The highest BCUT2D eigenvalue weighted by atomic mass is 19.1. The number of halogens is 2. The van der Waals surface area contributed by atoms with E-state index >= 15 is 0 Å². The average molecular weight is 264 g/mol. The summed E-state index contributed by atoms with van der Waals surface area (Å²) in [5.74, 6) is -1.21. The van der Waals surface area contributed by atoms with E-state index in [1.54, 1.807) is 0 Å². The third kappa shape index (κ3) is 2.18. The maximum atomic E-state index is 14.0. The van der Waals surface area contributed by atoms with Crippen LogP contribution in [0, 0.1) is 11.6 Å². The smallest absolute Gasteiger partial charge is 0.172 e. The van der Waals surface area contributed by atoms with Crippen LogP contribution in [-0.2, 0) is 6.42 Å². The molecule has 0 radical (unpaired) electrons. The van der Waals surface area contributed by atoms with Crippen LogP contribution in [0.4, 0.5) is 8.78 Å². The highest BCUT2D eigenvalue weighted by Crippen LogP contribution is 2.37. The fourth-order valence-electron chi connectivity index (χ4n) is 2.51. The number of aryl methyl sites for hydroxylation is 1. The van der Waals surface area contributed by atoms with Gasteiger partial charge in [0.15, 0.2) is 11.6 Å². The molecule has 0 aliphatic heterocycles. The third-order valence-electron chi connectivity index (χ3n) is 3.79. The first kappa shape index (κ1) is 13.8. The number of hydrogen-bond acceptors (Lipinski definition) is 1. The van der Waals surface area contributed by atoms with Gasteiger partial charge in [-0.05, 0) is 53.5 Å². The Morgan fingerprint density at radius 1 is 1.21 bits per heavy atom. The van der Waals surface area contributed by atoms with Crippen molar-refractivity contribution < 1.29 is 13.9 Å². The van der Waals surface area contributed by atoms with Crippen LogP contribution in [0.1, 0.15) is 44.2 Å². The summed E-state index contributed by atoms with van der Waals surface area (Å²) in [7, 11) is 0. The molecule has 0 spiro atoms. The van der Waals surface area contributed by atoms with Gasteiger partial charge in [-0.3, -0.25) is 0 Å². The van der Waals surface area contributed by atoms with E-state index in [2.05, 4.69) is 0 Å². The number of aromatic hydroxyl groups is 1. The molecule has 3 heteroatoms. The molecule has 102 valence electrons. The second-order valence-electron chi connectivity index (χ2n) is 4.91. The summed E-state index contributed by atoms with van der Waals surface area (Å²) >= 11 is 0. The van der Waals surface area contributed by atoms with E-state index in [9.17, 15) is 13.9 Å². The minimum atomic E-state index is -0.670. The summed E-state index contributed by atoms with van der Waals surface area (Å²) in [4.78, 5) is 0. The van der Waals surface area contributed by atoms with Gasteiger partial charge in [0.05, 0.1) is 0 Å². The molecule has 0 saturated heterocycles. The fourth-order valence-corrected chi connectivity index (χ4v) is 2.51. The zero-order chi connectivity index (χ0) is 14.2. The Morgan fingerprint density at radius 3 is 2.47 bits per heavy atom. The zero-order valence-corrected chi connectivity index (χ0v) is 11.4. The SMILES string of the molecule is CCc1c(F)ccc2c(F)c(O)cc(C(C)CC)c12. The number of hydrogen-bond donors (Lipinski definition) is 1. The van der Waals surface area contributed by atoms with Crippen molar-refractivity contribution in [1.29, 1.82) is 0 Å². The summed E-state index contributed by atoms with van der Waals surface area (Å²) in [5.41, 5.74) is 1.33. The van der Waals surface area contributed by atoms with E-state index in [1.807, 2.05) is 20.8 Å². The van der Waals surface area contributed by atoms with E-state index in [0.717, 1.165) is 12.0 Å². The summed E-state index contributed by atoms with van der Waals surface area (Å²) in [5, 5.41) is 10.6. The van der Waals surface area contributed by atoms with Crippen molar-refractivity contribution in [2.75, 3.05) is 0 Å². The first-order chi connectivity index (χ1) is 9.01. The number of rotatable bonds is 3. The lowest BCUT2D eigenvalue weighted by molar-refractivity contribution is 0.434. The minimum Gasteiger partial charge on any atom is -0.505 e. The predicted octanol–water partition coefficient (Wildman–Crippen LogP) is 4.90. The molecule has 1 N–H and O–H groups in total. The Bertz CT molecular complexity index is 620. The van der Waals surface area contributed by atoms with Crippen LogP contribution in [0.5, 0.6) is 5.75 Å². The Kier molecular flexibility index (Phi) is 3.74. The molecular formula is C16H18F2O. The fraction of sp³-hybridized carbons (Fsp3) is 0.375. The van der Waals surface area contributed by atoms with Gasteiger partial charge in [0.1, 0.15) is 5.82 Å². The second kappa shape index (κ2) is 5.16. The Hall–Kier alpha value is -1.64. The van der Waals surface area contributed by atoms with Crippen LogP contribution in [0.3, 0.4) is 0 Å². The van der Waals surface area contributed by atoms with Crippen LogP contribution in [0.25, 0.3) is 10.8 Å². The number of phenols is 1. The predicted molar refractivity (Wildman–Crippen MR) is 73.6 cm³/mol. The van der Waals surface area contributed by atoms with E-state index in [0.29, 0.717) is 22.8 Å².